The van der Waals surface area contributed by atoms with Gasteiger partial charge in [-0.3, -0.25) is 4.98 Å². The molecule has 0 bridgehead atoms. The number of halogens is 2. The van der Waals surface area contributed by atoms with Gasteiger partial charge in [0.1, 0.15) is 10.8 Å². The van der Waals surface area contributed by atoms with Crippen molar-refractivity contribution in [1.29, 1.82) is 0 Å². The summed E-state index contributed by atoms with van der Waals surface area (Å²) >= 11 is 5.50. The van der Waals surface area contributed by atoms with E-state index >= 15 is 0 Å². The number of rotatable bonds is 1. The minimum absolute atomic E-state index is 0.0376. The Morgan fingerprint density at radius 1 is 1.27 bits per heavy atom. The van der Waals surface area contributed by atoms with E-state index in [0.29, 0.717) is 5.56 Å². The first-order valence-electron chi connectivity index (χ1n) is 4.19. The molecule has 0 radical (unpaired) electrons. The van der Waals surface area contributed by atoms with Gasteiger partial charge in [0.25, 0.3) is 0 Å². The third-order valence-electron chi connectivity index (χ3n) is 1.88. The maximum atomic E-state index is 13.5. The minimum Gasteiger partial charge on any atom is -0.294 e. The highest BCUT2D eigenvalue weighted by Gasteiger charge is 2.11. The lowest BCUT2D eigenvalue weighted by Crippen LogP contribution is -2.13. The summed E-state index contributed by atoms with van der Waals surface area (Å²) < 4.78 is 13.5. The van der Waals surface area contributed by atoms with Crippen molar-refractivity contribution in [2.75, 3.05) is 0 Å². The Morgan fingerprint density at radius 2 is 1.93 bits per heavy atom. The van der Waals surface area contributed by atoms with Gasteiger partial charge < -0.3 is 0 Å². The first-order valence-corrected chi connectivity index (χ1v) is 4.57. The van der Waals surface area contributed by atoms with Crippen molar-refractivity contribution in [3.05, 3.63) is 51.8 Å². The molecule has 1 heterocycles. The molecular weight excluding hydrogens is 219 g/mol. The predicted molar refractivity (Wildman–Crippen MR) is 55.3 cm³/mol. The van der Waals surface area contributed by atoms with Crippen LogP contribution >= 0.6 is 11.6 Å². The number of aromatic amines is 1. The van der Waals surface area contributed by atoms with Crippen molar-refractivity contribution in [3.8, 4) is 11.3 Å². The van der Waals surface area contributed by atoms with E-state index in [2.05, 4.69) is 9.97 Å². The number of hydrogen-bond acceptors (Lipinski definition) is 2. The second-order valence-electron chi connectivity index (χ2n) is 2.88. The van der Waals surface area contributed by atoms with Crippen molar-refractivity contribution < 1.29 is 4.39 Å². The molecule has 2 rings (SSSR count). The van der Waals surface area contributed by atoms with Crippen LogP contribution in [0.4, 0.5) is 4.39 Å². The topological polar surface area (TPSA) is 45.8 Å². The molecule has 5 heteroatoms. The van der Waals surface area contributed by atoms with E-state index in [1.807, 2.05) is 0 Å². The lowest BCUT2D eigenvalue weighted by molar-refractivity contribution is 0.616. The Labute approximate surface area is 89.6 Å². The molecule has 0 saturated carbocycles. The van der Waals surface area contributed by atoms with E-state index in [1.165, 1.54) is 0 Å². The molecule has 0 aliphatic heterocycles. The molecule has 0 fully saturated rings. The number of aromatic nitrogens is 2. The molecule has 0 saturated heterocycles. The molecule has 0 aliphatic carbocycles. The van der Waals surface area contributed by atoms with Gasteiger partial charge in [-0.25, -0.2) is 9.18 Å². The molecule has 15 heavy (non-hydrogen) atoms. The molecule has 1 N–H and O–H groups in total. The fourth-order valence-corrected chi connectivity index (χ4v) is 1.39. The normalized spacial score (nSPS) is 10.3. The van der Waals surface area contributed by atoms with E-state index in [0.717, 1.165) is 0 Å². The molecule has 1 aromatic heterocycles. The molecule has 0 amide bonds. The van der Waals surface area contributed by atoms with Crippen molar-refractivity contribution in [2.45, 2.75) is 0 Å². The Morgan fingerprint density at radius 3 is 2.60 bits per heavy atom. The van der Waals surface area contributed by atoms with Crippen LogP contribution in [0.1, 0.15) is 0 Å². The quantitative estimate of drug-likeness (QED) is 0.755. The van der Waals surface area contributed by atoms with Crippen LogP contribution in [0.15, 0.2) is 35.1 Å². The highest BCUT2D eigenvalue weighted by atomic mass is 35.5. The maximum absolute atomic E-state index is 13.5. The highest BCUT2D eigenvalue weighted by Crippen LogP contribution is 2.21. The molecule has 76 valence electrons. The molecule has 3 nitrogen and oxygen atoms in total. The number of benzene rings is 1. The van der Waals surface area contributed by atoms with Gasteiger partial charge in [0.05, 0.1) is 0 Å². The van der Waals surface area contributed by atoms with Crippen LogP contribution in [0.3, 0.4) is 0 Å². The summed E-state index contributed by atoms with van der Waals surface area (Å²) in [5, 5.41) is -0.325. The second-order valence-corrected chi connectivity index (χ2v) is 3.26. The number of nitrogens with one attached hydrogen (secondary N) is 1. The zero-order valence-corrected chi connectivity index (χ0v) is 8.25. The average Bonchev–Trinajstić information content (AvgIpc) is 2.24. The number of nitrogens with zero attached hydrogens (tertiary/aromatic N) is 1. The maximum Gasteiger partial charge on any atom is 0.346 e. The third-order valence-corrected chi connectivity index (χ3v) is 2.14. The predicted octanol–water partition coefficient (Wildman–Crippen LogP) is 2.23. The molecular formula is C10H6ClFN2O. The highest BCUT2D eigenvalue weighted by molar-refractivity contribution is 6.29. The van der Waals surface area contributed by atoms with Gasteiger partial charge in [-0.15, -0.1) is 0 Å². The van der Waals surface area contributed by atoms with Gasteiger partial charge >= 0.3 is 5.69 Å². The summed E-state index contributed by atoms with van der Waals surface area (Å²) in [5.74, 6) is -0.720. The molecule has 0 unspecified atom stereocenters. The lowest BCUT2D eigenvalue weighted by atomic mass is 10.1. The summed E-state index contributed by atoms with van der Waals surface area (Å²) in [5.41, 5.74) is -0.187. The fourth-order valence-electron chi connectivity index (χ4n) is 1.22. The molecule has 0 aliphatic rings. The molecule has 2 aromatic rings. The van der Waals surface area contributed by atoms with Gasteiger partial charge in [0.15, 0.2) is 5.82 Å². The molecule has 0 spiro atoms. The summed E-state index contributed by atoms with van der Waals surface area (Å²) in [6.07, 6.45) is 0. The first-order chi connectivity index (χ1) is 7.18. The summed E-state index contributed by atoms with van der Waals surface area (Å²) in [4.78, 5) is 16.6. The van der Waals surface area contributed by atoms with E-state index in [4.69, 9.17) is 11.6 Å². The second kappa shape index (κ2) is 3.82. The summed E-state index contributed by atoms with van der Waals surface area (Å²) in [6, 6.07) is 8.55. The molecule has 0 atom stereocenters. The van der Waals surface area contributed by atoms with Crippen LogP contribution < -0.4 is 5.69 Å². The first kappa shape index (κ1) is 9.86. The summed E-state index contributed by atoms with van der Waals surface area (Å²) in [6.45, 7) is 0. The Balaban J connectivity index is 2.68. The van der Waals surface area contributed by atoms with Crippen molar-refractivity contribution in [1.82, 2.24) is 9.97 Å². The number of hydrogen-bond donors (Lipinski definition) is 1. The largest absolute Gasteiger partial charge is 0.346 e. The van der Waals surface area contributed by atoms with E-state index < -0.39 is 11.5 Å². The third kappa shape index (κ3) is 1.89. The van der Waals surface area contributed by atoms with Gasteiger partial charge in [-0.05, 0) is 0 Å². The van der Waals surface area contributed by atoms with Crippen LogP contribution in [-0.4, -0.2) is 9.97 Å². The van der Waals surface area contributed by atoms with Crippen LogP contribution in [0.5, 0.6) is 0 Å². The van der Waals surface area contributed by atoms with Crippen LogP contribution in [0.2, 0.25) is 5.15 Å². The SMILES string of the molecule is O=c1nc(-c2ccccc2)c(F)c(Cl)[nH]1. The smallest absolute Gasteiger partial charge is 0.294 e. The Hall–Kier alpha value is -1.68. The number of H-pyrrole nitrogens is 1. The standard InChI is InChI=1S/C10H6ClFN2O/c11-9-7(12)8(13-10(15)14-9)6-4-2-1-3-5-6/h1-5H,(H,13,14,15). The van der Waals surface area contributed by atoms with Crippen molar-refractivity contribution in [3.63, 3.8) is 0 Å². The van der Waals surface area contributed by atoms with Gasteiger partial charge in [0.2, 0.25) is 0 Å². The van der Waals surface area contributed by atoms with Gasteiger partial charge in [-0.1, -0.05) is 41.9 Å². The van der Waals surface area contributed by atoms with Crippen LogP contribution in [0, 0.1) is 5.82 Å². The van der Waals surface area contributed by atoms with Gasteiger partial charge in [0, 0.05) is 5.56 Å². The van der Waals surface area contributed by atoms with Gasteiger partial charge in [-0.2, -0.15) is 4.98 Å². The lowest BCUT2D eigenvalue weighted by Gasteiger charge is -2.02. The van der Waals surface area contributed by atoms with Crippen molar-refractivity contribution >= 4 is 11.6 Å². The fraction of sp³-hybridized carbons (Fsp3) is 0. The Bertz CT molecular complexity index is 539. The zero-order valence-electron chi connectivity index (χ0n) is 7.50. The molecule has 1 aromatic carbocycles. The zero-order chi connectivity index (χ0) is 10.8. The van der Waals surface area contributed by atoms with Crippen LogP contribution in [0.25, 0.3) is 11.3 Å². The Kier molecular flexibility index (Phi) is 2.51. The monoisotopic (exact) mass is 224 g/mol. The van der Waals surface area contributed by atoms with Crippen molar-refractivity contribution in [2.24, 2.45) is 0 Å². The van der Waals surface area contributed by atoms with E-state index in [-0.39, 0.29) is 10.8 Å². The summed E-state index contributed by atoms with van der Waals surface area (Å²) in [7, 11) is 0. The van der Waals surface area contributed by atoms with E-state index in [9.17, 15) is 9.18 Å². The minimum atomic E-state index is -0.720. The van der Waals surface area contributed by atoms with E-state index in [1.54, 1.807) is 30.3 Å². The van der Waals surface area contributed by atoms with Crippen LogP contribution in [-0.2, 0) is 0 Å². The average molecular weight is 225 g/mol.